The molecule has 0 aliphatic rings. The number of carbonyl (C=O) groups is 1. The van der Waals surface area contributed by atoms with Crippen LogP contribution in [0.5, 0.6) is 0 Å². The van der Waals surface area contributed by atoms with Gasteiger partial charge in [0.05, 0.1) is 16.5 Å². The van der Waals surface area contributed by atoms with Gasteiger partial charge in [0.1, 0.15) is 0 Å². The van der Waals surface area contributed by atoms with Crippen LogP contribution in [0.4, 0.5) is 5.69 Å². The number of nitrogens with one attached hydrogen (secondary N) is 1. The summed E-state index contributed by atoms with van der Waals surface area (Å²) in [5, 5.41) is 11.8. The van der Waals surface area contributed by atoms with E-state index in [0.717, 1.165) is 21.8 Å². The molecule has 0 radical (unpaired) electrons. The van der Waals surface area contributed by atoms with Crippen LogP contribution in [0.3, 0.4) is 0 Å². The number of thioether (sulfide) groups is 1. The molecular formula is C16H10BrCl2N3O2S. The number of halogens is 3. The number of carbonyl (C=O) groups excluding carboxylic acids is 1. The quantitative estimate of drug-likeness (QED) is 0.508. The first kappa shape index (κ1) is 18.3. The highest BCUT2D eigenvalue weighted by molar-refractivity contribution is 9.10. The standard InChI is InChI=1S/C16H10BrCl2N3O2S/c17-10-3-1-2-9(6-10)15-21-22-16(24-15)25-8-14(23)20-13-7-11(18)4-5-12(13)19/h1-7H,8H2,(H,20,23). The van der Waals surface area contributed by atoms with Crippen molar-refractivity contribution in [2.24, 2.45) is 0 Å². The molecule has 3 aromatic rings. The SMILES string of the molecule is O=C(CSc1nnc(-c2cccc(Br)c2)o1)Nc1cc(Cl)ccc1Cl. The fraction of sp³-hybridized carbons (Fsp3) is 0.0625. The van der Waals surface area contributed by atoms with Gasteiger partial charge < -0.3 is 9.73 Å². The first-order chi connectivity index (χ1) is 12.0. The molecule has 0 saturated carbocycles. The van der Waals surface area contributed by atoms with E-state index in [9.17, 15) is 4.79 Å². The third kappa shape index (κ3) is 4.98. The van der Waals surface area contributed by atoms with E-state index in [1.54, 1.807) is 18.2 Å². The lowest BCUT2D eigenvalue weighted by molar-refractivity contribution is -0.113. The summed E-state index contributed by atoms with van der Waals surface area (Å²) in [6.45, 7) is 0. The molecule has 0 bridgehead atoms. The predicted molar refractivity (Wildman–Crippen MR) is 103 cm³/mol. The van der Waals surface area contributed by atoms with Gasteiger partial charge in [0.15, 0.2) is 0 Å². The lowest BCUT2D eigenvalue weighted by Crippen LogP contribution is -2.14. The Bertz CT molecular complexity index is 920. The summed E-state index contributed by atoms with van der Waals surface area (Å²) in [6, 6.07) is 12.4. The molecule has 1 N–H and O–H groups in total. The zero-order valence-corrected chi connectivity index (χ0v) is 16.4. The van der Waals surface area contributed by atoms with Crippen LogP contribution in [0.15, 0.2) is 56.6 Å². The molecule has 3 rings (SSSR count). The van der Waals surface area contributed by atoms with Gasteiger partial charge in [-0.1, -0.05) is 57.0 Å². The van der Waals surface area contributed by atoms with Crippen molar-refractivity contribution in [2.45, 2.75) is 5.22 Å². The Morgan fingerprint density at radius 3 is 2.84 bits per heavy atom. The topological polar surface area (TPSA) is 68.0 Å². The maximum Gasteiger partial charge on any atom is 0.277 e. The van der Waals surface area contributed by atoms with Gasteiger partial charge in [-0.25, -0.2) is 0 Å². The normalized spacial score (nSPS) is 10.7. The highest BCUT2D eigenvalue weighted by atomic mass is 79.9. The van der Waals surface area contributed by atoms with Crippen molar-refractivity contribution in [3.05, 3.63) is 57.0 Å². The van der Waals surface area contributed by atoms with Gasteiger partial charge in [0.25, 0.3) is 5.22 Å². The molecular weight excluding hydrogens is 449 g/mol. The number of aromatic nitrogens is 2. The van der Waals surface area contributed by atoms with Crippen molar-refractivity contribution in [3.8, 4) is 11.5 Å². The van der Waals surface area contributed by atoms with Gasteiger partial charge >= 0.3 is 0 Å². The number of anilines is 1. The minimum absolute atomic E-state index is 0.100. The maximum atomic E-state index is 12.0. The first-order valence-electron chi connectivity index (χ1n) is 6.98. The van der Waals surface area contributed by atoms with Crippen LogP contribution in [-0.2, 0) is 4.79 Å². The molecule has 0 unspecified atom stereocenters. The van der Waals surface area contributed by atoms with E-state index in [-0.39, 0.29) is 11.7 Å². The zero-order valence-electron chi connectivity index (χ0n) is 12.5. The van der Waals surface area contributed by atoms with Gasteiger partial charge in [-0.15, -0.1) is 10.2 Å². The molecule has 0 saturated heterocycles. The summed E-state index contributed by atoms with van der Waals surface area (Å²) < 4.78 is 6.47. The first-order valence-corrected chi connectivity index (χ1v) is 9.52. The van der Waals surface area contributed by atoms with E-state index in [0.29, 0.717) is 26.8 Å². The van der Waals surface area contributed by atoms with Crippen molar-refractivity contribution in [3.63, 3.8) is 0 Å². The van der Waals surface area contributed by atoms with Gasteiger partial charge in [0, 0.05) is 15.1 Å². The van der Waals surface area contributed by atoms with Crippen molar-refractivity contribution >= 4 is 62.5 Å². The van der Waals surface area contributed by atoms with Crippen molar-refractivity contribution in [1.82, 2.24) is 10.2 Å². The minimum Gasteiger partial charge on any atom is -0.411 e. The smallest absolute Gasteiger partial charge is 0.277 e. The highest BCUT2D eigenvalue weighted by Gasteiger charge is 2.12. The van der Waals surface area contributed by atoms with Gasteiger partial charge in [-0.2, -0.15) is 0 Å². The van der Waals surface area contributed by atoms with Crippen LogP contribution in [0, 0.1) is 0 Å². The largest absolute Gasteiger partial charge is 0.411 e. The van der Waals surface area contributed by atoms with Gasteiger partial charge in [-0.3, -0.25) is 4.79 Å². The van der Waals surface area contributed by atoms with Crippen LogP contribution < -0.4 is 5.32 Å². The summed E-state index contributed by atoms with van der Waals surface area (Å²) in [4.78, 5) is 12.0. The maximum absolute atomic E-state index is 12.0. The summed E-state index contributed by atoms with van der Waals surface area (Å²) in [5.74, 6) is 0.238. The average molecular weight is 459 g/mol. The number of hydrogen-bond acceptors (Lipinski definition) is 5. The summed E-state index contributed by atoms with van der Waals surface area (Å²) >= 11 is 16.4. The fourth-order valence-electron chi connectivity index (χ4n) is 1.91. The van der Waals surface area contributed by atoms with Crippen molar-refractivity contribution in [2.75, 3.05) is 11.1 Å². The Kier molecular flexibility index (Phi) is 6.01. The van der Waals surface area contributed by atoms with E-state index >= 15 is 0 Å². The Labute approximate surface area is 166 Å². The Hall–Kier alpha value is -1.54. The molecule has 1 heterocycles. The Morgan fingerprint density at radius 2 is 2.04 bits per heavy atom. The zero-order chi connectivity index (χ0) is 17.8. The third-order valence-corrected chi connectivity index (χ3v) is 4.88. The second-order valence-corrected chi connectivity index (χ2v) is 7.53. The lowest BCUT2D eigenvalue weighted by Gasteiger charge is -2.06. The fourth-order valence-corrected chi connectivity index (χ4v) is 3.21. The number of amides is 1. The monoisotopic (exact) mass is 457 g/mol. The van der Waals surface area contributed by atoms with Crippen LogP contribution in [0.25, 0.3) is 11.5 Å². The van der Waals surface area contributed by atoms with E-state index in [2.05, 4.69) is 31.4 Å². The molecule has 5 nitrogen and oxygen atoms in total. The molecule has 0 spiro atoms. The molecule has 128 valence electrons. The molecule has 1 aromatic heterocycles. The van der Waals surface area contributed by atoms with Crippen LogP contribution in [-0.4, -0.2) is 21.9 Å². The third-order valence-electron chi connectivity index (χ3n) is 3.01. The van der Waals surface area contributed by atoms with Crippen molar-refractivity contribution < 1.29 is 9.21 Å². The lowest BCUT2D eigenvalue weighted by atomic mass is 10.2. The molecule has 0 aliphatic heterocycles. The summed E-state index contributed by atoms with van der Waals surface area (Å²) in [6.07, 6.45) is 0. The predicted octanol–water partition coefficient (Wildman–Crippen LogP) is 5.54. The second-order valence-electron chi connectivity index (χ2n) is 4.84. The summed E-state index contributed by atoms with van der Waals surface area (Å²) in [7, 11) is 0. The van der Waals surface area contributed by atoms with E-state index in [1.807, 2.05) is 24.3 Å². The van der Waals surface area contributed by atoms with Crippen LogP contribution in [0.1, 0.15) is 0 Å². The molecule has 0 aliphatic carbocycles. The van der Waals surface area contributed by atoms with Gasteiger partial charge in [-0.05, 0) is 36.4 Å². The highest BCUT2D eigenvalue weighted by Crippen LogP contribution is 2.27. The number of rotatable bonds is 5. The molecule has 0 fully saturated rings. The van der Waals surface area contributed by atoms with Crippen LogP contribution >= 0.6 is 50.9 Å². The average Bonchev–Trinajstić information content (AvgIpc) is 3.05. The summed E-state index contributed by atoms with van der Waals surface area (Å²) in [5.41, 5.74) is 1.25. The molecule has 1 amide bonds. The van der Waals surface area contributed by atoms with Gasteiger partial charge in [0.2, 0.25) is 11.8 Å². The van der Waals surface area contributed by atoms with Crippen LogP contribution in [0.2, 0.25) is 10.0 Å². The Morgan fingerprint density at radius 1 is 1.20 bits per heavy atom. The molecule has 0 atom stereocenters. The van der Waals surface area contributed by atoms with E-state index < -0.39 is 0 Å². The molecule has 2 aromatic carbocycles. The molecule has 25 heavy (non-hydrogen) atoms. The second kappa shape index (κ2) is 8.23. The number of nitrogens with zero attached hydrogens (tertiary/aromatic N) is 2. The molecule has 9 heteroatoms. The Balaban J connectivity index is 1.60. The number of benzene rings is 2. The number of hydrogen-bond donors (Lipinski definition) is 1. The van der Waals surface area contributed by atoms with E-state index in [4.69, 9.17) is 27.6 Å². The minimum atomic E-state index is -0.253. The van der Waals surface area contributed by atoms with Crippen molar-refractivity contribution in [1.29, 1.82) is 0 Å². The van der Waals surface area contributed by atoms with E-state index in [1.165, 1.54) is 0 Å².